The van der Waals surface area contributed by atoms with Gasteiger partial charge in [0.2, 0.25) is 0 Å². The van der Waals surface area contributed by atoms with Gasteiger partial charge in [0.15, 0.2) is 5.82 Å². The summed E-state index contributed by atoms with van der Waals surface area (Å²) in [4.78, 5) is 30.1. The summed E-state index contributed by atoms with van der Waals surface area (Å²) in [7, 11) is 0.425. The number of carbonyl (C=O) groups is 1. The summed E-state index contributed by atoms with van der Waals surface area (Å²) in [6.07, 6.45) is 4.43. The molecule has 0 unspecified atom stereocenters. The summed E-state index contributed by atoms with van der Waals surface area (Å²) in [6.45, 7) is 0.676. The lowest BCUT2D eigenvalue weighted by Gasteiger charge is -2.17. The number of halogens is 2. The fourth-order valence-electron chi connectivity index (χ4n) is 3.38. The number of nitrogens with zero attached hydrogens (tertiary/aromatic N) is 6. The van der Waals surface area contributed by atoms with Crippen molar-refractivity contribution in [2.45, 2.75) is 24.2 Å². The fraction of sp³-hybridized carbons (Fsp3) is 0.182. The maximum absolute atomic E-state index is 13.1. The highest BCUT2D eigenvalue weighted by Crippen LogP contribution is 2.37. The van der Waals surface area contributed by atoms with Crippen molar-refractivity contribution in [1.82, 2.24) is 35.0 Å². The number of aromatic nitrogens is 6. The third kappa shape index (κ3) is 4.52. The van der Waals surface area contributed by atoms with E-state index in [0.717, 1.165) is 6.04 Å². The van der Waals surface area contributed by atoms with Gasteiger partial charge in [-0.05, 0) is 35.9 Å². The molecule has 3 aromatic heterocycles. The molecule has 5 rings (SSSR count). The van der Waals surface area contributed by atoms with Gasteiger partial charge in [-0.3, -0.25) is 9.78 Å². The number of alkyl halides is 2. The largest absolute Gasteiger partial charge is 0.433 e. The van der Waals surface area contributed by atoms with E-state index < -0.39 is 11.3 Å². The van der Waals surface area contributed by atoms with Crippen molar-refractivity contribution < 1.29 is 18.3 Å². The van der Waals surface area contributed by atoms with Crippen LogP contribution in [-0.2, 0) is 5.16 Å². The van der Waals surface area contributed by atoms with Crippen molar-refractivity contribution in [2.24, 2.45) is 0 Å². The second-order valence-corrected chi connectivity index (χ2v) is 9.21. The van der Waals surface area contributed by atoms with Crippen LogP contribution in [0.15, 0.2) is 67.5 Å². The van der Waals surface area contributed by atoms with Crippen molar-refractivity contribution in [3.8, 4) is 22.8 Å². The van der Waals surface area contributed by atoms with Gasteiger partial charge in [0.25, 0.3) is 11.9 Å². The van der Waals surface area contributed by atoms with Gasteiger partial charge < -0.3 is 10.1 Å². The Kier molecular flexibility index (Phi) is 5.36. The standard InChI is InChI=1S/C22H17F2N7O2Si/c1-21(23,24)33-17-5-3-14(4-6-17)15-9-16(11-25-10-15)18(32)30-22(12-34-22)19-28-13-29-31(19)20-26-7-2-8-27-20/h2-11,13H,12H2,1H3,(H,30,32)/t22-/m0/s1. The van der Waals surface area contributed by atoms with E-state index in [0.29, 0.717) is 44.9 Å². The lowest BCUT2D eigenvalue weighted by Crippen LogP contribution is -2.38. The van der Waals surface area contributed by atoms with E-state index >= 15 is 0 Å². The van der Waals surface area contributed by atoms with Crippen LogP contribution in [0.25, 0.3) is 17.1 Å². The van der Waals surface area contributed by atoms with E-state index in [-0.39, 0.29) is 11.7 Å². The third-order valence-electron chi connectivity index (χ3n) is 5.01. The molecular formula is C22H17F2N7O2Si. The maximum Gasteiger partial charge on any atom is 0.394 e. The quantitative estimate of drug-likeness (QED) is 0.408. The molecule has 2 radical (unpaired) electrons. The Morgan fingerprint density at radius 1 is 1.15 bits per heavy atom. The van der Waals surface area contributed by atoms with Gasteiger partial charge >= 0.3 is 6.11 Å². The number of hydrogen-bond donors (Lipinski definition) is 1. The normalized spacial score (nSPS) is 17.3. The molecule has 4 heterocycles. The van der Waals surface area contributed by atoms with Crippen molar-refractivity contribution in [1.29, 1.82) is 0 Å². The molecular weight excluding hydrogens is 460 g/mol. The SMILES string of the molecule is CC(F)(F)Oc1ccc(-c2cncc(C(=O)N[C@@]3(c4ncnn4-c4ncccn4)C[Si]3)c2)cc1. The zero-order valence-corrected chi connectivity index (χ0v) is 18.8. The Balaban J connectivity index is 1.35. The molecule has 0 saturated carbocycles. The van der Waals surface area contributed by atoms with Crippen LogP contribution in [0.3, 0.4) is 0 Å². The second-order valence-electron chi connectivity index (χ2n) is 7.65. The molecule has 0 aliphatic carbocycles. The average Bonchev–Trinajstić information content (AvgIpc) is 3.42. The number of nitrogens with one attached hydrogen (secondary N) is 1. The monoisotopic (exact) mass is 477 g/mol. The Morgan fingerprint density at radius 3 is 2.56 bits per heavy atom. The molecule has 1 N–H and O–H groups in total. The third-order valence-corrected chi connectivity index (χ3v) is 6.42. The highest BCUT2D eigenvalue weighted by Gasteiger charge is 2.51. The molecule has 0 spiro atoms. The van der Waals surface area contributed by atoms with Crippen molar-refractivity contribution in [2.75, 3.05) is 0 Å². The highest BCUT2D eigenvalue weighted by molar-refractivity contribution is 6.54. The predicted octanol–water partition coefficient (Wildman–Crippen LogP) is 2.83. The summed E-state index contributed by atoms with van der Waals surface area (Å²) >= 11 is 0. The van der Waals surface area contributed by atoms with Crippen LogP contribution in [0, 0.1) is 0 Å². The van der Waals surface area contributed by atoms with Crippen LogP contribution in [0.5, 0.6) is 5.75 Å². The first kappa shape index (κ1) is 21.8. The van der Waals surface area contributed by atoms with E-state index in [1.54, 1.807) is 42.9 Å². The number of pyridine rings is 1. The number of amides is 1. The smallest absolute Gasteiger partial charge is 0.394 e. The molecule has 12 heteroatoms. The Hall–Kier alpha value is -4.06. The first-order valence-corrected chi connectivity index (χ1v) is 11.4. The lowest BCUT2D eigenvalue weighted by atomic mass is 10.1. The molecule has 34 heavy (non-hydrogen) atoms. The summed E-state index contributed by atoms with van der Waals surface area (Å²) < 4.78 is 32.2. The molecule has 4 aromatic rings. The number of benzene rings is 1. The van der Waals surface area contributed by atoms with Crippen LogP contribution >= 0.6 is 0 Å². The first-order chi connectivity index (χ1) is 16.3. The van der Waals surface area contributed by atoms with Gasteiger partial charge in [-0.15, -0.1) is 0 Å². The maximum atomic E-state index is 13.1. The van der Waals surface area contributed by atoms with Crippen LogP contribution in [0.1, 0.15) is 23.1 Å². The van der Waals surface area contributed by atoms with Crippen molar-refractivity contribution in [3.63, 3.8) is 0 Å². The van der Waals surface area contributed by atoms with E-state index in [1.807, 2.05) is 0 Å². The van der Waals surface area contributed by atoms with Crippen LogP contribution in [-0.4, -0.2) is 51.3 Å². The van der Waals surface area contributed by atoms with E-state index in [2.05, 4.69) is 35.1 Å². The van der Waals surface area contributed by atoms with E-state index in [1.165, 1.54) is 29.3 Å². The molecule has 1 aromatic carbocycles. The molecule has 0 bridgehead atoms. The van der Waals surface area contributed by atoms with Gasteiger partial charge in [0.05, 0.1) is 20.2 Å². The number of ether oxygens (including phenoxy) is 1. The van der Waals surface area contributed by atoms with Gasteiger partial charge in [0, 0.05) is 37.3 Å². The Labute approximate surface area is 195 Å². The molecule has 9 nitrogen and oxygen atoms in total. The minimum Gasteiger partial charge on any atom is -0.433 e. The van der Waals surface area contributed by atoms with Crippen LogP contribution < -0.4 is 10.1 Å². The molecule has 1 atom stereocenters. The second kappa shape index (κ2) is 8.37. The van der Waals surface area contributed by atoms with Gasteiger partial charge in [-0.1, -0.05) is 12.1 Å². The fourth-order valence-corrected chi connectivity index (χ4v) is 4.33. The Morgan fingerprint density at radius 2 is 1.88 bits per heavy atom. The lowest BCUT2D eigenvalue weighted by molar-refractivity contribution is -0.158. The topological polar surface area (TPSA) is 108 Å². The zero-order chi connectivity index (χ0) is 23.8. The molecule has 1 amide bonds. The van der Waals surface area contributed by atoms with Gasteiger partial charge in [-0.25, -0.2) is 15.0 Å². The summed E-state index contributed by atoms with van der Waals surface area (Å²) in [6, 6.07) is 10.3. The predicted molar refractivity (Wildman–Crippen MR) is 118 cm³/mol. The van der Waals surface area contributed by atoms with E-state index in [9.17, 15) is 13.6 Å². The molecule has 170 valence electrons. The van der Waals surface area contributed by atoms with Crippen LogP contribution in [0.2, 0.25) is 6.04 Å². The summed E-state index contributed by atoms with van der Waals surface area (Å²) in [5.41, 5.74) is 1.73. The Bertz CT molecular complexity index is 1320. The number of rotatable bonds is 7. The van der Waals surface area contributed by atoms with Crippen LogP contribution in [0.4, 0.5) is 8.78 Å². The highest BCUT2D eigenvalue weighted by atomic mass is 28.2. The first-order valence-electron chi connectivity index (χ1n) is 10.2. The average molecular weight is 478 g/mol. The molecule has 1 fully saturated rings. The zero-order valence-electron chi connectivity index (χ0n) is 17.8. The van der Waals surface area contributed by atoms with E-state index in [4.69, 9.17) is 0 Å². The van der Waals surface area contributed by atoms with Gasteiger partial charge in [-0.2, -0.15) is 18.6 Å². The molecule has 1 aliphatic rings. The van der Waals surface area contributed by atoms with Crippen molar-refractivity contribution in [3.05, 3.63) is 78.9 Å². The molecule has 1 saturated heterocycles. The number of hydrogen-bond acceptors (Lipinski definition) is 7. The van der Waals surface area contributed by atoms with Gasteiger partial charge in [0.1, 0.15) is 12.1 Å². The number of carbonyl (C=O) groups excluding carboxylic acids is 1. The molecule has 1 aliphatic heterocycles. The van der Waals surface area contributed by atoms with Crippen molar-refractivity contribution >= 4 is 15.4 Å². The summed E-state index contributed by atoms with van der Waals surface area (Å²) in [5.74, 6) is 0.671. The minimum absolute atomic E-state index is 0.0429. The summed E-state index contributed by atoms with van der Waals surface area (Å²) in [5, 5.41) is 6.64. The minimum atomic E-state index is -3.27.